The lowest BCUT2D eigenvalue weighted by atomic mass is 9.83. The summed E-state index contributed by atoms with van der Waals surface area (Å²) < 4.78 is 25.5. The number of ether oxygens (including phenoxy) is 2. The Balaban J connectivity index is 1.37. The first-order valence-electron chi connectivity index (χ1n) is 12.9. The van der Waals surface area contributed by atoms with E-state index in [0.29, 0.717) is 40.2 Å². The van der Waals surface area contributed by atoms with Gasteiger partial charge in [-0.1, -0.05) is 11.6 Å². The fourth-order valence-electron chi connectivity index (χ4n) is 5.27. The van der Waals surface area contributed by atoms with Crippen LogP contribution in [0.25, 0.3) is 11.1 Å². The first kappa shape index (κ1) is 26.3. The average Bonchev–Trinajstić information content (AvgIpc) is 2.87. The normalized spacial score (nSPS) is 22.2. The first-order chi connectivity index (χ1) is 17.0. The Bertz CT molecular complexity index is 949. The summed E-state index contributed by atoms with van der Waals surface area (Å²) in [4.78, 5) is 8.73. The van der Waals surface area contributed by atoms with Gasteiger partial charge in [0.15, 0.2) is 5.15 Å². The molecule has 0 radical (unpaired) electrons. The van der Waals surface area contributed by atoms with Gasteiger partial charge in [0.1, 0.15) is 5.82 Å². The molecule has 4 rings (SSSR count). The summed E-state index contributed by atoms with van der Waals surface area (Å²) >= 11 is 6.35. The van der Waals surface area contributed by atoms with E-state index in [1.807, 2.05) is 12.1 Å². The molecule has 192 valence electrons. The number of hydrogen-bond acceptors (Lipinski definition) is 6. The van der Waals surface area contributed by atoms with Crippen molar-refractivity contribution in [2.45, 2.75) is 64.0 Å². The van der Waals surface area contributed by atoms with Crippen molar-refractivity contribution in [3.8, 4) is 11.1 Å². The van der Waals surface area contributed by atoms with Gasteiger partial charge in [-0.3, -0.25) is 4.98 Å². The van der Waals surface area contributed by atoms with Gasteiger partial charge in [-0.2, -0.15) is 0 Å². The second-order valence-corrected chi connectivity index (χ2v) is 10.5. The monoisotopic (exact) mass is 504 g/mol. The van der Waals surface area contributed by atoms with E-state index in [9.17, 15) is 4.39 Å². The first-order valence-corrected chi connectivity index (χ1v) is 13.3. The fraction of sp³-hybridized carbons (Fsp3) is 0.630. The van der Waals surface area contributed by atoms with E-state index >= 15 is 0 Å². The third-order valence-electron chi connectivity index (χ3n) is 7.27. The van der Waals surface area contributed by atoms with Crippen LogP contribution in [0.15, 0.2) is 24.5 Å². The summed E-state index contributed by atoms with van der Waals surface area (Å²) in [5.41, 5.74) is 2.90. The minimum atomic E-state index is -0.340. The summed E-state index contributed by atoms with van der Waals surface area (Å²) in [7, 11) is 1.74. The van der Waals surface area contributed by atoms with Crippen LogP contribution in [-0.4, -0.2) is 55.5 Å². The molecule has 1 aliphatic heterocycles. The van der Waals surface area contributed by atoms with Gasteiger partial charge in [-0.25, -0.2) is 9.37 Å². The van der Waals surface area contributed by atoms with Crippen molar-refractivity contribution in [1.82, 2.24) is 15.3 Å². The third-order valence-corrected chi connectivity index (χ3v) is 7.57. The van der Waals surface area contributed by atoms with Gasteiger partial charge in [-0.15, -0.1) is 0 Å². The molecular weight excluding hydrogens is 467 g/mol. The second kappa shape index (κ2) is 12.9. The molecule has 2 aromatic heterocycles. The Morgan fingerprint density at radius 1 is 1.09 bits per heavy atom. The molecule has 0 aromatic carbocycles. The third kappa shape index (κ3) is 7.59. The topological polar surface area (TPSA) is 68.3 Å². The number of hydrogen-bond donors (Lipinski definition) is 2. The van der Waals surface area contributed by atoms with Gasteiger partial charge in [0.05, 0.1) is 18.5 Å². The van der Waals surface area contributed by atoms with Gasteiger partial charge in [-0.05, 0) is 75.8 Å². The summed E-state index contributed by atoms with van der Waals surface area (Å²) in [6.07, 6.45) is 10.5. The predicted octanol–water partition coefficient (Wildman–Crippen LogP) is 5.50. The molecule has 2 N–H and O–H groups in total. The number of anilines is 1. The van der Waals surface area contributed by atoms with Gasteiger partial charge in [0, 0.05) is 62.0 Å². The SMILES string of the molecule is COC[C@@H](C)NC1CCC(Cc2cc(-c3cnc(Cl)c(NCC4CCOCC4)c3)c(F)cn2)CC1. The molecule has 8 heteroatoms. The molecule has 0 spiro atoms. The minimum absolute atomic E-state index is 0.340. The minimum Gasteiger partial charge on any atom is -0.383 e. The zero-order chi connectivity index (χ0) is 24.6. The maximum Gasteiger partial charge on any atom is 0.152 e. The summed E-state index contributed by atoms with van der Waals surface area (Å²) in [5, 5.41) is 7.48. The Morgan fingerprint density at radius 2 is 1.86 bits per heavy atom. The van der Waals surface area contributed by atoms with E-state index < -0.39 is 0 Å². The average molecular weight is 505 g/mol. The molecule has 35 heavy (non-hydrogen) atoms. The van der Waals surface area contributed by atoms with Crippen molar-refractivity contribution in [2.24, 2.45) is 11.8 Å². The Kier molecular flexibility index (Phi) is 9.72. The van der Waals surface area contributed by atoms with E-state index in [2.05, 4.69) is 27.5 Å². The molecule has 1 aliphatic carbocycles. The summed E-state index contributed by atoms with van der Waals surface area (Å²) in [5.74, 6) is 0.770. The number of rotatable bonds is 10. The van der Waals surface area contributed by atoms with Crippen LogP contribution in [0.1, 0.15) is 51.1 Å². The standard InChI is InChI=1S/C27H38ClFN4O2/c1-18(17-34-2)33-22-5-3-19(4-6-22)11-23-13-24(25(29)16-30-23)21-12-26(27(28)32-15-21)31-14-20-7-9-35-10-8-20/h12-13,15-16,18-20,22,31,33H,3-11,14,17H2,1-2H3/t18-,19?,22?/m1/s1. The molecular formula is C27H38ClFN4O2. The van der Waals surface area contributed by atoms with E-state index in [-0.39, 0.29) is 5.82 Å². The molecule has 3 heterocycles. The maximum atomic E-state index is 14.8. The largest absolute Gasteiger partial charge is 0.383 e. The van der Waals surface area contributed by atoms with Crippen LogP contribution in [0.2, 0.25) is 5.15 Å². The van der Waals surface area contributed by atoms with E-state index in [1.54, 1.807) is 13.3 Å². The molecule has 0 bridgehead atoms. The van der Waals surface area contributed by atoms with E-state index in [4.69, 9.17) is 21.1 Å². The molecule has 1 saturated carbocycles. The van der Waals surface area contributed by atoms with Crippen molar-refractivity contribution in [2.75, 3.05) is 38.8 Å². The summed E-state index contributed by atoms with van der Waals surface area (Å²) in [6.45, 7) is 5.30. The smallest absolute Gasteiger partial charge is 0.152 e. The van der Waals surface area contributed by atoms with Gasteiger partial charge < -0.3 is 20.1 Å². The highest BCUT2D eigenvalue weighted by Gasteiger charge is 2.23. The Morgan fingerprint density at radius 3 is 2.60 bits per heavy atom. The van der Waals surface area contributed by atoms with Crippen molar-refractivity contribution in [3.63, 3.8) is 0 Å². The summed E-state index contributed by atoms with van der Waals surface area (Å²) in [6, 6.07) is 4.69. The van der Waals surface area contributed by atoms with Crippen LogP contribution in [0, 0.1) is 17.7 Å². The highest BCUT2D eigenvalue weighted by atomic mass is 35.5. The van der Waals surface area contributed by atoms with Crippen molar-refractivity contribution < 1.29 is 13.9 Å². The van der Waals surface area contributed by atoms with E-state index in [1.165, 1.54) is 6.20 Å². The van der Waals surface area contributed by atoms with Crippen LogP contribution < -0.4 is 10.6 Å². The quantitative estimate of drug-likeness (QED) is 0.416. The Labute approximate surface area is 213 Å². The molecule has 2 fully saturated rings. The zero-order valence-corrected chi connectivity index (χ0v) is 21.6. The highest BCUT2D eigenvalue weighted by Crippen LogP contribution is 2.31. The lowest BCUT2D eigenvalue weighted by Crippen LogP contribution is -2.41. The van der Waals surface area contributed by atoms with Crippen LogP contribution in [0.5, 0.6) is 0 Å². The number of halogens is 2. The number of aromatic nitrogens is 2. The van der Waals surface area contributed by atoms with E-state index in [0.717, 1.165) is 82.7 Å². The number of methoxy groups -OCH3 is 1. The van der Waals surface area contributed by atoms with Crippen molar-refractivity contribution in [3.05, 3.63) is 41.2 Å². The highest BCUT2D eigenvalue weighted by molar-refractivity contribution is 6.32. The number of pyridine rings is 2. The van der Waals surface area contributed by atoms with Crippen LogP contribution in [0.4, 0.5) is 10.1 Å². The van der Waals surface area contributed by atoms with Crippen LogP contribution in [-0.2, 0) is 15.9 Å². The molecule has 0 amide bonds. The lowest BCUT2D eigenvalue weighted by Gasteiger charge is -2.31. The number of nitrogens with zero attached hydrogens (tertiary/aromatic N) is 2. The molecule has 2 aromatic rings. The van der Waals surface area contributed by atoms with Gasteiger partial charge in [0.2, 0.25) is 0 Å². The molecule has 1 atom stereocenters. The fourth-order valence-corrected chi connectivity index (χ4v) is 5.44. The van der Waals surface area contributed by atoms with Crippen molar-refractivity contribution in [1.29, 1.82) is 0 Å². The lowest BCUT2D eigenvalue weighted by molar-refractivity contribution is 0.0699. The molecule has 2 aliphatic rings. The molecule has 0 unspecified atom stereocenters. The van der Waals surface area contributed by atoms with Gasteiger partial charge >= 0.3 is 0 Å². The van der Waals surface area contributed by atoms with Crippen LogP contribution in [0.3, 0.4) is 0 Å². The second-order valence-electron chi connectivity index (χ2n) is 10.1. The molecule has 1 saturated heterocycles. The predicted molar refractivity (Wildman–Crippen MR) is 138 cm³/mol. The van der Waals surface area contributed by atoms with Crippen LogP contribution >= 0.6 is 11.6 Å². The maximum absolute atomic E-state index is 14.8. The number of nitrogens with one attached hydrogen (secondary N) is 2. The van der Waals surface area contributed by atoms with Gasteiger partial charge in [0.25, 0.3) is 0 Å². The Hall–Kier alpha value is -1.80. The van der Waals surface area contributed by atoms with Crippen molar-refractivity contribution >= 4 is 17.3 Å². The molecule has 6 nitrogen and oxygen atoms in total. The zero-order valence-electron chi connectivity index (χ0n) is 20.9.